The van der Waals surface area contributed by atoms with Gasteiger partial charge in [-0.2, -0.15) is 0 Å². The number of halogens is 3. The van der Waals surface area contributed by atoms with Gasteiger partial charge in [0.15, 0.2) is 0 Å². The van der Waals surface area contributed by atoms with Crippen molar-refractivity contribution in [2.75, 3.05) is 0 Å². The van der Waals surface area contributed by atoms with E-state index < -0.39 is 17.7 Å². The van der Waals surface area contributed by atoms with Crippen molar-refractivity contribution >= 4 is 12.0 Å². The van der Waals surface area contributed by atoms with Crippen LogP contribution in [0, 0.1) is 10.8 Å². The Bertz CT molecular complexity index is 1040. The second-order valence-corrected chi connectivity index (χ2v) is 9.41. The van der Waals surface area contributed by atoms with Gasteiger partial charge in [-0.05, 0) is 68.9 Å². The van der Waals surface area contributed by atoms with Gasteiger partial charge in [-0.3, -0.25) is 4.79 Å². The summed E-state index contributed by atoms with van der Waals surface area (Å²) in [6.07, 6.45) is 5.51. The molecular formula is C24H24F3NO4. The van der Waals surface area contributed by atoms with Gasteiger partial charge in [0, 0.05) is 17.0 Å². The van der Waals surface area contributed by atoms with Crippen LogP contribution in [0.4, 0.5) is 13.2 Å². The van der Waals surface area contributed by atoms with Crippen LogP contribution in [-0.2, 0) is 4.79 Å². The number of aliphatic carboxylic acids is 1. The molecule has 0 atom stereocenters. The van der Waals surface area contributed by atoms with Gasteiger partial charge in [-0.25, -0.2) is 0 Å². The summed E-state index contributed by atoms with van der Waals surface area (Å²) in [5, 5.41) is 13.8. The van der Waals surface area contributed by atoms with Crippen LogP contribution in [-0.4, -0.2) is 22.6 Å². The third kappa shape index (κ3) is 3.80. The van der Waals surface area contributed by atoms with E-state index >= 15 is 0 Å². The molecule has 2 aromatic rings. The Morgan fingerprint density at radius 2 is 1.78 bits per heavy atom. The lowest BCUT2D eigenvalue weighted by Crippen LogP contribution is -2.45. The van der Waals surface area contributed by atoms with Gasteiger partial charge in [0.1, 0.15) is 17.2 Å². The van der Waals surface area contributed by atoms with E-state index in [1.54, 1.807) is 12.1 Å². The van der Waals surface area contributed by atoms with Crippen LogP contribution in [0.2, 0.25) is 0 Å². The Kier molecular flexibility index (Phi) is 4.87. The molecule has 0 saturated heterocycles. The first-order valence-corrected chi connectivity index (χ1v) is 11.0. The number of allylic oxidation sites excluding steroid dienone is 1. The third-order valence-electron chi connectivity index (χ3n) is 7.43. The number of hydrogen-bond acceptors (Lipinski definition) is 4. The molecule has 0 spiro atoms. The highest BCUT2D eigenvalue weighted by Gasteiger charge is 2.51. The Hall–Kier alpha value is -2.77. The molecule has 32 heavy (non-hydrogen) atoms. The van der Waals surface area contributed by atoms with Gasteiger partial charge < -0.3 is 14.4 Å². The molecule has 8 heteroatoms. The van der Waals surface area contributed by atoms with Crippen molar-refractivity contribution in [1.82, 2.24) is 5.16 Å². The normalized spacial score (nSPS) is 27.7. The number of hydrogen-bond donors (Lipinski definition) is 1. The van der Waals surface area contributed by atoms with Crippen LogP contribution < -0.4 is 4.74 Å². The second kappa shape index (κ2) is 7.39. The number of rotatable bonds is 6. The third-order valence-corrected chi connectivity index (χ3v) is 7.43. The fraction of sp³-hybridized carbons (Fsp3) is 0.500. The number of ether oxygens (including phenoxy) is 1. The standard InChI is InChI=1S/C24H24F3NO4/c25-24(26,27)31-18-4-2-1-3-16(18)19-17(20(32-28-19)15-5-6-15)7-8-22-9-12-23(13-10-22,14-11-22)21(29)30/h1-4,7-8,15H,5-6,9-14H2,(H,29,30). The van der Waals surface area contributed by atoms with Gasteiger partial charge in [0.25, 0.3) is 0 Å². The van der Waals surface area contributed by atoms with E-state index in [1.807, 2.05) is 6.08 Å². The number of para-hydroxylation sites is 1. The summed E-state index contributed by atoms with van der Waals surface area (Å²) in [5.41, 5.74) is 0.584. The predicted molar refractivity (Wildman–Crippen MR) is 110 cm³/mol. The zero-order valence-corrected chi connectivity index (χ0v) is 17.5. The summed E-state index contributed by atoms with van der Waals surface area (Å²) in [6, 6.07) is 5.95. The number of alkyl halides is 3. The van der Waals surface area contributed by atoms with Crippen LogP contribution in [0.5, 0.6) is 5.75 Å². The molecule has 1 aromatic carbocycles. The molecule has 0 aliphatic heterocycles. The van der Waals surface area contributed by atoms with E-state index in [-0.39, 0.29) is 22.6 Å². The fourth-order valence-corrected chi connectivity index (χ4v) is 5.23. The molecule has 1 N–H and O–H groups in total. The molecule has 0 radical (unpaired) electrons. The van der Waals surface area contributed by atoms with Crippen LogP contribution in [0.3, 0.4) is 0 Å². The monoisotopic (exact) mass is 447 g/mol. The molecule has 2 bridgehead atoms. The molecule has 1 heterocycles. The Labute approximate surface area is 183 Å². The van der Waals surface area contributed by atoms with E-state index in [0.29, 0.717) is 36.3 Å². The SMILES string of the molecule is O=C(O)C12CCC(C=Cc3c(-c4ccccc4OC(F)(F)F)noc3C3CC3)(CC1)CC2. The summed E-state index contributed by atoms with van der Waals surface area (Å²) in [6.45, 7) is 0. The zero-order chi connectivity index (χ0) is 22.6. The van der Waals surface area contributed by atoms with Crippen molar-refractivity contribution in [2.45, 2.75) is 63.6 Å². The van der Waals surface area contributed by atoms with Crippen LogP contribution >= 0.6 is 0 Å². The summed E-state index contributed by atoms with van der Waals surface area (Å²) < 4.78 is 48.7. The number of fused-ring (bicyclic) bond motifs is 3. The first kappa shape index (κ1) is 21.1. The molecule has 170 valence electrons. The maximum Gasteiger partial charge on any atom is 0.573 e. The lowest BCUT2D eigenvalue weighted by atomic mass is 9.53. The lowest BCUT2D eigenvalue weighted by Gasteiger charge is -2.50. The van der Waals surface area contributed by atoms with Gasteiger partial charge in [0.05, 0.1) is 5.41 Å². The molecule has 4 fully saturated rings. The van der Waals surface area contributed by atoms with Crippen LogP contribution in [0.25, 0.3) is 17.3 Å². The molecule has 0 amide bonds. The minimum atomic E-state index is -4.81. The van der Waals surface area contributed by atoms with E-state index in [9.17, 15) is 23.1 Å². The van der Waals surface area contributed by atoms with Crippen molar-refractivity contribution in [3.63, 3.8) is 0 Å². The molecule has 0 unspecified atom stereocenters. The second-order valence-electron chi connectivity index (χ2n) is 9.41. The van der Waals surface area contributed by atoms with Crippen molar-refractivity contribution < 1.29 is 32.3 Å². The van der Waals surface area contributed by atoms with Crippen molar-refractivity contribution in [1.29, 1.82) is 0 Å². The van der Waals surface area contributed by atoms with Gasteiger partial charge in [0.2, 0.25) is 0 Å². The first-order valence-electron chi connectivity index (χ1n) is 11.0. The maximum atomic E-state index is 12.9. The predicted octanol–water partition coefficient (Wildman–Crippen LogP) is 6.56. The van der Waals surface area contributed by atoms with Gasteiger partial charge >= 0.3 is 12.3 Å². The maximum absolute atomic E-state index is 12.9. The molecule has 4 saturated carbocycles. The Balaban J connectivity index is 1.49. The summed E-state index contributed by atoms with van der Waals surface area (Å²) >= 11 is 0. The number of benzene rings is 1. The number of aromatic nitrogens is 1. The Morgan fingerprint density at radius 3 is 2.38 bits per heavy atom. The summed E-state index contributed by atoms with van der Waals surface area (Å²) in [5.74, 6) is -0.0964. The van der Waals surface area contributed by atoms with Crippen molar-refractivity contribution in [2.24, 2.45) is 10.8 Å². The topological polar surface area (TPSA) is 72.6 Å². The summed E-state index contributed by atoms with van der Waals surface area (Å²) in [4.78, 5) is 11.7. The van der Waals surface area contributed by atoms with E-state index in [4.69, 9.17) is 4.52 Å². The molecule has 5 nitrogen and oxygen atoms in total. The number of carbonyl (C=O) groups is 1. The highest BCUT2D eigenvalue weighted by molar-refractivity contribution is 5.78. The largest absolute Gasteiger partial charge is 0.573 e. The highest BCUT2D eigenvalue weighted by Crippen LogP contribution is 2.58. The average Bonchev–Trinajstić information content (AvgIpc) is 3.52. The quantitative estimate of drug-likeness (QED) is 0.543. The minimum absolute atomic E-state index is 0.0887. The van der Waals surface area contributed by atoms with E-state index in [0.717, 1.165) is 32.1 Å². The molecule has 4 aliphatic rings. The van der Waals surface area contributed by atoms with E-state index in [2.05, 4.69) is 16.0 Å². The molecule has 4 aliphatic carbocycles. The fourth-order valence-electron chi connectivity index (χ4n) is 5.23. The highest BCUT2D eigenvalue weighted by atomic mass is 19.4. The lowest BCUT2D eigenvalue weighted by molar-refractivity contribution is -0.274. The van der Waals surface area contributed by atoms with Crippen LogP contribution in [0.15, 0.2) is 34.9 Å². The van der Waals surface area contributed by atoms with Crippen molar-refractivity contribution in [3.05, 3.63) is 41.7 Å². The minimum Gasteiger partial charge on any atom is -0.481 e. The number of carboxylic acid groups (broad SMARTS) is 1. The van der Waals surface area contributed by atoms with Crippen molar-refractivity contribution in [3.8, 4) is 17.0 Å². The smallest absolute Gasteiger partial charge is 0.481 e. The van der Waals surface area contributed by atoms with Crippen LogP contribution in [0.1, 0.15) is 68.6 Å². The zero-order valence-electron chi connectivity index (χ0n) is 17.5. The summed E-state index contributed by atoms with van der Waals surface area (Å²) in [7, 11) is 0. The molecule has 1 aromatic heterocycles. The number of nitrogens with zero attached hydrogens (tertiary/aromatic N) is 1. The molecule has 6 rings (SSSR count). The van der Waals surface area contributed by atoms with Gasteiger partial charge in [-0.1, -0.05) is 29.4 Å². The molecular weight excluding hydrogens is 423 g/mol. The number of carboxylic acids is 1. The van der Waals surface area contributed by atoms with E-state index in [1.165, 1.54) is 12.1 Å². The Morgan fingerprint density at radius 1 is 1.12 bits per heavy atom. The first-order chi connectivity index (χ1) is 15.2. The average molecular weight is 447 g/mol. The van der Waals surface area contributed by atoms with Gasteiger partial charge in [-0.15, -0.1) is 13.2 Å².